The summed E-state index contributed by atoms with van der Waals surface area (Å²) in [6, 6.07) is 8.64. The number of anilines is 1. The van der Waals surface area contributed by atoms with Crippen molar-refractivity contribution in [3.63, 3.8) is 0 Å². The molecule has 0 saturated carbocycles. The Morgan fingerprint density at radius 2 is 2.16 bits per heavy atom. The van der Waals surface area contributed by atoms with Gasteiger partial charge in [0.1, 0.15) is 5.82 Å². The van der Waals surface area contributed by atoms with Gasteiger partial charge in [0.2, 0.25) is 0 Å². The minimum absolute atomic E-state index is 0.0869. The van der Waals surface area contributed by atoms with Gasteiger partial charge in [0.15, 0.2) is 5.11 Å². The number of halogens is 2. The summed E-state index contributed by atoms with van der Waals surface area (Å²) in [5.41, 5.74) is 1.11. The highest BCUT2D eigenvalue weighted by Crippen LogP contribution is 2.36. The van der Waals surface area contributed by atoms with Crippen molar-refractivity contribution in [2.24, 2.45) is 0 Å². The highest BCUT2D eigenvalue weighted by atomic mass is 35.5. The summed E-state index contributed by atoms with van der Waals surface area (Å²) in [6.45, 7) is 0. The number of benzene rings is 2. The summed E-state index contributed by atoms with van der Waals surface area (Å²) >= 11 is 13.0. The SMILES string of the molecule is O=[N+]([O-])c1ccc(Cl)c(NC(=S)N[C@H]2CCSc3ccc(F)cc32)c1. The van der Waals surface area contributed by atoms with E-state index in [4.69, 9.17) is 23.8 Å². The molecule has 9 heteroatoms. The standard InChI is InChI=1S/C16H13ClFN3O2S2/c17-12-3-2-10(21(22)23)8-14(12)20-16(24)19-13-5-6-25-15-4-1-9(18)7-11(13)15/h1-4,7-8,13H,5-6H2,(H2,19,20,24)/t13-/m0/s1. The van der Waals surface area contributed by atoms with Gasteiger partial charge in [0.25, 0.3) is 5.69 Å². The lowest BCUT2D eigenvalue weighted by molar-refractivity contribution is -0.384. The van der Waals surface area contributed by atoms with Crippen LogP contribution in [-0.4, -0.2) is 15.8 Å². The van der Waals surface area contributed by atoms with E-state index in [9.17, 15) is 14.5 Å². The molecule has 130 valence electrons. The molecule has 0 fully saturated rings. The van der Waals surface area contributed by atoms with Crippen LogP contribution in [-0.2, 0) is 0 Å². The van der Waals surface area contributed by atoms with Crippen LogP contribution < -0.4 is 10.6 Å². The van der Waals surface area contributed by atoms with Crippen LogP contribution in [0.5, 0.6) is 0 Å². The molecule has 0 saturated heterocycles. The van der Waals surface area contributed by atoms with E-state index in [0.717, 1.165) is 22.6 Å². The average Bonchev–Trinajstić information content (AvgIpc) is 2.57. The number of nitrogens with zero attached hydrogens (tertiary/aromatic N) is 1. The summed E-state index contributed by atoms with van der Waals surface area (Å²) in [5, 5.41) is 17.5. The number of thioether (sulfide) groups is 1. The minimum Gasteiger partial charge on any atom is -0.356 e. The summed E-state index contributed by atoms with van der Waals surface area (Å²) in [4.78, 5) is 11.4. The van der Waals surface area contributed by atoms with E-state index in [1.165, 1.54) is 30.3 Å². The van der Waals surface area contributed by atoms with E-state index in [0.29, 0.717) is 10.7 Å². The second kappa shape index (κ2) is 7.55. The van der Waals surface area contributed by atoms with Crippen LogP contribution in [0.15, 0.2) is 41.3 Å². The predicted octanol–water partition coefficient (Wildman–Crippen LogP) is 4.91. The fourth-order valence-electron chi connectivity index (χ4n) is 2.55. The van der Waals surface area contributed by atoms with Crippen molar-refractivity contribution in [1.29, 1.82) is 0 Å². The van der Waals surface area contributed by atoms with E-state index in [-0.39, 0.29) is 22.7 Å². The first-order valence-corrected chi connectivity index (χ1v) is 9.15. The molecule has 2 aromatic carbocycles. The molecular formula is C16H13ClFN3O2S2. The van der Waals surface area contributed by atoms with Gasteiger partial charge < -0.3 is 10.6 Å². The van der Waals surface area contributed by atoms with Gasteiger partial charge in [-0.3, -0.25) is 10.1 Å². The number of nitrogens with one attached hydrogen (secondary N) is 2. The maximum atomic E-state index is 13.6. The first-order valence-electron chi connectivity index (χ1n) is 7.38. The number of nitro groups is 1. The first-order chi connectivity index (χ1) is 11.9. The van der Waals surface area contributed by atoms with Gasteiger partial charge in [-0.05, 0) is 48.5 Å². The fraction of sp³-hybridized carbons (Fsp3) is 0.188. The molecule has 0 spiro atoms. The molecule has 2 N–H and O–H groups in total. The number of fused-ring (bicyclic) bond motifs is 1. The second-order valence-electron chi connectivity index (χ2n) is 5.39. The fourth-order valence-corrected chi connectivity index (χ4v) is 4.08. The molecule has 0 aromatic heterocycles. The molecule has 0 unspecified atom stereocenters. The average molecular weight is 398 g/mol. The number of hydrogen-bond donors (Lipinski definition) is 2. The van der Waals surface area contributed by atoms with Crippen LogP contribution in [0.1, 0.15) is 18.0 Å². The Bertz CT molecular complexity index is 850. The van der Waals surface area contributed by atoms with Crippen molar-refractivity contribution in [2.75, 3.05) is 11.1 Å². The molecule has 25 heavy (non-hydrogen) atoms. The zero-order chi connectivity index (χ0) is 18.0. The third-order valence-corrected chi connectivity index (χ3v) is 5.40. The van der Waals surface area contributed by atoms with Gasteiger partial charge in [-0.2, -0.15) is 0 Å². The largest absolute Gasteiger partial charge is 0.356 e. The Hall–Kier alpha value is -1.90. The van der Waals surface area contributed by atoms with Crippen molar-refractivity contribution in [3.8, 4) is 0 Å². The maximum Gasteiger partial charge on any atom is 0.271 e. The Morgan fingerprint density at radius 3 is 2.92 bits per heavy atom. The van der Waals surface area contributed by atoms with Crippen LogP contribution in [0.4, 0.5) is 15.8 Å². The summed E-state index contributed by atoms with van der Waals surface area (Å²) in [5.74, 6) is 0.588. The van der Waals surface area contributed by atoms with Crippen LogP contribution in [0, 0.1) is 15.9 Å². The molecule has 0 bridgehead atoms. The Labute approximate surface area is 158 Å². The normalized spacial score (nSPS) is 16.0. The topological polar surface area (TPSA) is 67.2 Å². The van der Waals surface area contributed by atoms with Gasteiger partial charge in [-0.1, -0.05) is 11.6 Å². The van der Waals surface area contributed by atoms with Crippen LogP contribution in [0.25, 0.3) is 0 Å². The van der Waals surface area contributed by atoms with Crippen molar-refractivity contribution in [1.82, 2.24) is 5.32 Å². The molecule has 1 aliphatic heterocycles. The van der Waals surface area contributed by atoms with Crippen molar-refractivity contribution >= 4 is 52.1 Å². The Balaban J connectivity index is 1.75. The van der Waals surface area contributed by atoms with Crippen LogP contribution in [0.2, 0.25) is 5.02 Å². The summed E-state index contributed by atoms with van der Waals surface area (Å²) in [7, 11) is 0. The smallest absolute Gasteiger partial charge is 0.271 e. The minimum atomic E-state index is -0.505. The van der Waals surface area contributed by atoms with Gasteiger partial charge >= 0.3 is 0 Å². The lowest BCUT2D eigenvalue weighted by Crippen LogP contribution is -2.34. The van der Waals surface area contributed by atoms with Crippen molar-refractivity contribution in [2.45, 2.75) is 17.4 Å². The molecule has 5 nitrogen and oxygen atoms in total. The lowest BCUT2D eigenvalue weighted by Gasteiger charge is -2.27. The molecule has 3 rings (SSSR count). The number of non-ortho nitro benzene ring substituents is 1. The van der Waals surface area contributed by atoms with Gasteiger partial charge in [-0.25, -0.2) is 4.39 Å². The molecule has 1 atom stereocenters. The summed E-state index contributed by atoms with van der Waals surface area (Å²) in [6.07, 6.45) is 0.783. The monoisotopic (exact) mass is 397 g/mol. The molecule has 1 aliphatic rings. The van der Waals surface area contributed by atoms with Gasteiger partial charge in [0, 0.05) is 22.8 Å². The number of thiocarbonyl (C=S) groups is 1. The Kier molecular flexibility index (Phi) is 5.41. The van der Waals surface area contributed by atoms with E-state index in [1.807, 2.05) is 0 Å². The highest BCUT2D eigenvalue weighted by Gasteiger charge is 2.22. The summed E-state index contributed by atoms with van der Waals surface area (Å²) < 4.78 is 13.6. The third-order valence-electron chi connectivity index (χ3n) is 3.73. The quantitative estimate of drug-likeness (QED) is 0.435. The molecule has 0 aliphatic carbocycles. The molecule has 0 amide bonds. The Morgan fingerprint density at radius 1 is 1.36 bits per heavy atom. The molecule has 2 aromatic rings. The molecular weight excluding hydrogens is 385 g/mol. The lowest BCUT2D eigenvalue weighted by atomic mass is 10.0. The van der Waals surface area contributed by atoms with Crippen LogP contribution >= 0.6 is 35.6 Å². The van der Waals surface area contributed by atoms with Crippen molar-refractivity contribution < 1.29 is 9.31 Å². The van der Waals surface area contributed by atoms with E-state index in [2.05, 4.69) is 10.6 Å². The molecule has 1 heterocycles. The predicted molar refractivity (Wildman–Crippen MR) is 102 cm³/mol. The van der Waals surface area contributed by atoms with E-state index < -0.39 is 4.92 Å². The molecule has 0 radical (unpaired) electrons. The van der Waals surface area contributed by atoms with E-state index >= 15 is 0 Å². The van der Waals surface area contributed by atoms with Crippen LogP contribution in [0.3, 0.4) is 0 Å². The zero-order valence-corrected chi connectivity index (χ0v) is 15.2. The first kappa shape index (κ1) is 17.9. The van der Waals surface area contributed by atoms with Crippen molar-refractivity contribution in [3.05, 3.63) is 62.9 Å². The number of rotatable bonds is 3. The van der Waals surface area contributed by atoms with E-state index in [1.54, 1.807) is 17.8 Å². The van der Waals surface area contributed by atoms with Gasteiger partial charge in [0.05, 0.1) is 21.7 Å². The number of hydrogen-bond acceptors (Lipinski definition) is 4. The second-order valence-corrected chi connectivity index (χ2v) is 7.34. The highest BCUT2D eigenvalue weighted by molar-refractivity contribution is 7.99. The van der Waals surface area contributed by atoms with Gasteiger partial charge in [-0.15, -0.1) is 11.8 Å². The zero-order valence-electron chi connectivity index (χ0n) is 12.8. The third kappa shape index (κ3) is 4.20. The number of nitro benzene ring substituents is 1. The maximum absolute atomic E-state index is 13.6.